The average Bonchev–Trinajstić information content (AvgIpc) is 2.29. The number of carbonyl (C=O) groups is 1. The van der Waals surface area contributed by atoms with Gasteiger partial charge in [0.05, 0.1) is 0 Å². The van der Waals surface area contributed by atoms with E-state index in [0.717, 1.165) is 5.39 Å². The first kappa shape index (κ1) is 11.6. The molecule has 0 saturated carbocycles. The second-order valence-electron chi connectivity index (χ2n) is 3.24. The van der Waals surface area contributed by atoms with Crippen molar-refractivity contribution in [1.29, 1.82) is 0 Å². The Kier molecular flexibility index (Phi) is 3.13. The number of hydrogen-bond acceptors (Lipinski definition) is 4. The van der Waals surface area contributed by atoms with E-state index in [2.05, 4.69) is 4.52 Å². The number of rotatable bonds is 4. The van der Waals surface area contributed by atoms with Gasteiger partial charge in [-0.2, -0.15) is 0 Å². The Morgan fingerprint density at radius 3 is 2.59 bits per heavy atom. The number of hydrogen-bond donors (Lipinski definition) is 1. The quantitative estimate of drug-likeness (QED) is 0.668. The van der Waals surface area contributed by atoms with Crippen LogP contribution in [0.1, 0.15) is 0 Å². The molecule has 0 radical (unpaired) electrons. The van der Waals surface area contributed by atoms with Crippen LogP contribution < -0.4 is 4.52 Å². The number of benzene rings is 2. The molecule has 6 heteroatoms. The standard InChI is InChI=1S/C11H9O5P/c12-8-15-17(13,14)16-11-7-3-5-9-4-1-2-6-10(9)11/h1-8H,(H,13,14). The van der Waals surface area contributed by atoms with Crippen LogP contribution in [0.15, 0.2) is 42.5 Å². The lowest BCUT2D eigenvalue weighted by molar-refractivity contribution is -0.121. The van der Waals surface area contributed by atoms with E-state index in [-0.39, 0.29) is 12.2 Å². The molecule has 0 spiro atoms. The predicted octanol–water partition coefficient (Wildman–Crippen LogP) is 2.49. The van der Waals surface area contributed by atoms with Crippen molar-refractivity contribution in [2.45, 2.75) is 0 Å². The van der Waals surface area contributed by atoms with E-state index < -0.39 is 7.82 Å². The van der Waals surface area contributed by atoms with Crippen LogP contribution in [0.2, 0.25) is 0 Å². The fourth-order valence-corrected chi connectivity index (χ4v) is 2.04. The Labute approximate surface area is 97.2 Å². The first-order valence-corrected chi connectivity index (χ1v) is 6.24. The van der Waals surface area contributed by atoms with Gasteiger partial charge >= 0.3 is 14.3 Å². The molecule has 0 amide bonds. The highest BCUT2D eigenvalue weighted by atomic mass is 31.2. The van der Waals surface area contributed by atoms with Crippen molar-refractivity contribution in [2.24, 2.45) is 0 Å². The van der Waals surface area contributed by atoms with Crippen LogP contribution in [-0.4, -0.2) is 11.4 Å². The van der Waals surface area contributed by atoms with E-state index in [4.69, 9.17) is 4.52 Å². The molecular weight excluding hydrogens is 243 g/mol. The Balaban J connectivity index is 2.43. The lowest BCUT2D eigenvalue weighted by atomic mass is 10.1. The Hall–Kier alpha value is -1.84. The van der Waals surface area contributed by atoms with E-state index in [9.17, 15) is 14.3 Å². The lowest BCUT2D eigenvalue weighted by Gasteiger charge is -2.11. The van der Waals surface area contributed by atoms with Crippen molar-refractivity contribution in [1.82, 2.24) is 0 Å². The molecule has 88 valence electrons. The molecule has 1 unspecified atom stereocenters. The van der Waals surface area contributed by atoms with Gasteiger partial charge in [-0.05, 0) is 11.5 Å². The van der Waals surface area contributed by atoms with E-state index in [1.54, 1.807) is 18.2 Å². The molecule has 0 saturated heterocycles. The maximum Gasteiger partial charge on any atom is 0.586 e. The van der Waals surface area contributed by atoms with Gasteiger partial charge < -0.3 is 9.05 Å². The lowest BCUT2D eigenvalue weighted by Crippen LogP contribution is -1.96. The van der Waals surface area contributed by atoms with Crippen LogP contribution in [0.5, 0.6) is 5.75 Å². The van der Waals surface area contributed by atoms with Crippen molar-refractivity contribution in [3.63, 3.8) is 0 Å². The predicted molar refractivity (Wildman–Crippen MR) is 61.6 cm³/mol. The van der Waals surface area contributed by atoms with Crippen molar-refractivity contribution >= 4 is 25.1 Å². The summed E-state index contributed by atoms with van der Waals surface area (Å²) in [4.78, 5) is 19.2. The van der Waals surface area contributed by atoms with Gasteiger partial charge in [0.2, 0.25) is 0 Å². The maximum absolute atomic E-state index is 11.3. The van der Waals surface area contributed by atoms with Gasteiger partial charge in [0.1, 0.15) is 5.75 Å². The van der Waals surface area contributed by atoms with E-state index >= 15 is 0 Å². The summed E-state index contributed by atoms with van der Waals surface area (Å²) in [6, 6.07) is 12.2. The van der Waals surface area contributed by atoms with Crippen molar-refractivity contribution in [3.8, 4) is 5.75 Å². The second kappa shape index (κ2) is 4.57. The molecule has 0 fully saturated rings. The number of phosphoric acid groups is 1. The van der Waals surface area contributed by atoms with E-state index in [0.29, 0.717) is 5.39 Å². The fourth-order valence-electron chi connectivity index (χ4n) is 1.48. The number of carbonyl (C=O) groups excluding carboxylic acids is 1. The van der Waals surface area contributed by atoms with Gasteiger partial charge in [-0.25, -0.2) is 4.57 Å². The minimum absolute atomic E-state index is 0.119. The smallest absolute Gasteiger partial charge is 0.394 e. The minimum Gasteiger partial charge on any atom is -0.394 e. The van der Waals surface area contributed by atoms with Crippen LogP contribution in [0.4, 0.5) is 0 Å². The molecule has 1 N–H and O–H groups in total. The van der Waals surface area contributed by atoms with Crippen LogP contribution >= 0.6 is 7.82 Å². The zero-order chi connectivity index (χ0) is 12.3. The van der Waals surface area contributed by atoms with Crippen LogP contribution in [0.25, 0.3) is 10.8 Å². The third kappa shape index (κ3) is 2.64. The topological polar surface area (TPSA) is 72.8 Å². The second-order valence-corrected chi connectivity index (χ2v) is 4.57. The molecule has 0 aliphatic carbocycles. The SMILES string of the molecule is O=COP(=O)(O)Oc1cccc2ccccc12. The van der Waals surface area contributed by atoms with Gasteiger partial charge in [-0.15, -0.1) is 0 Å². The minimum atomic E-state index is -4.39. The summed E-state index contributed by atoms with van der Waals surface area (Å²) in [7, 11) is -4.39. The Morgan fingerprint density at radius 1 is 1.12 bits per heavy atom. The average molecular weight is 252 g/mol. The molecule has 0 aromatic heterocycles. The molecule has 1 atom stereocenters. The summed E-state index contributed by atoms with van der Waals surface area (Å²) in [5.74, 6) is 0.191. The zero-order valence-electron chi connectivity index (χ0n) is 8.65. The summed E-state index contributed by atoms with van der Waals surface area (Å²) in [5.41, 5.74) is 0. The monoisotopic (exact) mass is 252 g/mol. The highest BCUT2D eigenvalue weighted by Crippen LogP contribution is 2.44. The molecule has 0 heterocycles. The molecule has 0 aliphatic rings. The Bertz CT molecular complexity index is 590. The number of phosphoric ester groups is 1. The van der Waals surface area contributed by atoms with E-state index in [1.165, 1.54) is 6.07 Å². The van der Waals surface area contributed by atoms with Crippen LogP contribution in [-0.2, 0) is 13.9 Å². The molecular formula is C11H9O5P. The molecule has 2 aromatic carbocycles. The molecule has 0 aliphatic heterocycles. The first-order valence-electron chi connectivity index (χ1n) is 4.74. The van der Waals surface area contributed by atoms with Crippen molar-refractivity contribution < 1.29 is 23.3 Å². The molecule has 0 bridgehead atoms. The van der Waals surface area contributed by atoms with E-state index in [1.807, 2.05) is 18.2 Å². The van der Waals surface area contributed by atoms with Gasteiger partial charge in [-0.3, -0.25) is 9.69 Å². The number of fused-ring (bicyclic) bond motifs is 1. The molecule has 2 rings (SSSR count). The fraction of sp³-hybridized carbons (Fsp3) is 0. The third-order valence-corrected chi connectivity index (χ3v) is 2.92. The van der Waals surface area contributed by atoms with Gasteiger partial charge in [0, 0.05) is 5.39 Å². The Morgan fingerprint density at radius 2 is 1.82 bits per heavy atom. The highest BCUT2D eigenvalue weighted by Gasteiger charge is 2.24. The summed E-state index contributed by atoms with van der Waals surface area (Å²) in [6.45, 7) is -0.119. The van der Waals surface area contributed by atoms with Crippen molar-refractivity contribution in [3.05, 3.63) is 42.5 Å². The normalized spacial score (nSPS) is 13.9. The van der Waals surface area contributed by atoms with Gasteiger partial charge in [-0.1, -0.05) is 36.4 Å². The highest BCUT2D eigenvalue weighted by molar-refractivity contribution is 7.48. The van der Waals surface area contributed by atoms with Crippen LogP contribution in [0.3, 0.4) is 0 Å². The first-order chi connectivity index (χ1) is 8.12. The van der Waals surface area contributed by atoms with Crippen LogP contribution in [0, 0.1) is 0 Å². The van der Waals surface area contributed by atoms with Gasteiger partial charge in [0.25, 0.3) is 0 Å². The largest absolute Gasteiger partial charge is 0.586 e. The summed E-state index contributed by atoms with van der Waals surface area (Å²) in [5, 5.41) is 1.52. The summed E-state index contributed by atoms with van der Waals surface area (Å²) < 4.78 is 20.1. The third-order valence-electron chi connectivity index (χ3n) is 2.14. The molecule has 17 heavy (non-hydrogen) atoms. The van der Waals surface area contributed by atoms with Crippen molar-refractivity contribution in [2.75, 3.05) is 0 Å². The van der Waals surface area contributed by atoms with Gasteiger partial charge in [0.15, 0.2) is 0 Å². The zero-order valence-corrected chi connectivity index (χ0v) is 9.54. The summed E-state index contributed by atoms with van der Waals surface area (Å²) >= 11 is 0. The molecule has 5 nitrogen and oxygen atoms in total. The maximum atomic E-state index is 11.3. The summed E-state index contributed by atoms with van der Waals surface area (Å²) in [6.07, 6.45) is 0. The molecule has 2 aromatic rings.